The molecule has 6 nitrogen and oxygen atoms in total. The summed E-state index contributed by atoms with van der Waals surface area (Å²) in [7, 11) is 0. The van der Waals surface area contributed by atoms with Gasteiger partial charge in [0.05, 0.1) is 16.1 Å². The van der Waals surface area contributed by atoms with Crippen LogP contribution < -0.4 is 10.6 Å². The first kappa shape index (κ1) is 24.0. The topological polar surface area (TPSA) is 78.5 Å². The summed E-state index contributed by atoms with van der Waals surface area (Å²) < 4.78 is 13.4. The van der Waals surface area contributed by atoms with Crippen LogP contribution in [0, 0.1) is 5.82 Å². The van der Waals surface area contributed by atoms with Crippen molar-refractivity contribution in [1.82, 2.24) is 15.5 Å². The molecule has 0 spiro atoms. The standard InChI is InChI=1S/C23H24Cl2FN3O3/c1-3-4-11-23(16-6-8-17(26)9-7-16)21(31)29(22(32)28-23)13-20(30)27-14(2)15-5-10-18(24)19(25)12-15/h5-10,12,14H,3-4,11,13H2,1-2H3,(H,27,30)(H,28,32). The molecular formula is C23H24Cl2FN3O3. The van der Waals surface area contributed by atoms with Crippen molar-refractivity contribution in [3.63, 3.8) is 0 Å². The summed E-state index contributed by atoms with van der Waals surface area (Å²) in [5.74, 6) is -1.47. The van der Waals surface area contributed by atoms with Crippen molar-refractivity contribution in [2.45, 2.75) is 44.7 Å². The molecule has 0 radical (unpaired) electrons. The molecule has 0 aromatic heterocycles. The number of nitrogens with zero attached hydrogens (tertiary/aromatic N) is 1. The van der Waals surface area contributed by atoms with Crippen LogP contribution in [0.15, 0.2) is 42.5 Å². The van der Waals surface area contributed by atoms with E-state index in [-0.39, 0.29) is 0 Å². The number of urea groups is 1. The summed E-state index contributed by atoms with van der Waals surface area (Å²) in [6.45, 7) is 3.29. The van der Waals surface area contributed by atoms with Crippen molar-refractivity contribution in [3.05, 3.63) is 69.5 Å². The first-order chi connectivity index (χ1) is 15.2. The second kappa shape index (κ2) is 9.88. The fourth-order valence-electron chi connectivity index (χ4n) is 3.75. The molecule has 32 heavy (non-hydrogen) atoms. The Bertz CT molecular complexity index is 1030. The highest BCUT2D eigenvalue weighted by molar-refractivity contribution is 6.42. The third kappa shape index (κ3) is 4.89. The van der Waals surface area contributed by atoms with Gasteiger partial charge in [-0.2, -0.15) is 0 Å². The van der Waals surface area contributed by atoms with Crippen LogP contribution in [0.3, 0.4) is 0 Å². The predicted molar refractivity (Wildman–Crippen MR) is 121 cm³/mol. The van der Waals surface area contributed by atoms with Gasteiger partial charge in [0.1, 0.15) is 17.9 Å². The Morgan fingerprint density at radius 2 is 1.84 bits per heavy atom. The average Bonchev–Trinajstić information content (AvgIpc) is 2.99. The summed E-state index contributed by atoms with van der Waals surface area (Å²) in [6.07, 6.45) is 1.81. The van der Waals surface area contributed by atoms with Gasteiger partial charge in [0, 0.05) is 0 Å². The molecule has 2 aromatic carbocycles. The fraction of sp³-hybridized carbons (Fsp3) is 0.348. The van der Waals surface area contributed by atoms with Crippen LogP contribution in [0.1, 0.15) is 50.3 Å². The summed E-state index contributed by atoms with van der Waals surface area (Å²) in [5, 5.41) is 6.27. The molecule has 0 bridgehead atoms. The Kier molecular flexibility index (Phi) is 7.41. The van der Waals surface area contributed by atoms with Crippen LogP contribution in [0.5, 0.6) is 0 Å². The lowest BCUT2D eigenvalue weighted by atomic mass is 9.85. The number of carbonyl (C=O) groups excluding carboxylic acids is 3. The van der Waals surface area contributed by atoms with Crippen LogP contribution in [0.25, 0.3) is 0 Å². The zero-order chi connectivity index (χ0) is 23.5. The summed E-state index contributed by atoms with van der Waals surface area (Å²) in [6, 6.07) is 9.40. The van der Waals surface area contributed by atoms with Gasteiger partial charge in [-0.25, -0.2) is 9.18 Å². The maximum absolute atomic E-state index is 13.4. The van der Waals surface area contributed by atoms with Crippen molar-refractivity contribution >= 4 is 41.0 Å². The molecule has 4 amide bonds. The molecule has 0 saturated carbocycles. The number of halogens is 3. The number of hydrogen-bond acceptors (Lipinski definition) is 3. The molecule has 1 aliphatic heterocycles. The van der Waals surface area contributed by atoms with Crippen LogP contribution in [-0.2, 0) is 15.1 Å². The van der Waals surface area contributed by atoms with E-state index in [9.17, 15) is 18.8 Å². The molecule has 2 aromatic rings. The Morgan fingerprint density at radius 3 is 2.47 bits per heavy atom. The van der Waals surface area contributed by atoms with E-state index < -0.39 is 41.8 Å². The van der Waals surface area contributed by atoms with Crippen molar-refractivity contribution in [3.8, 4) is 0 Å². The van der Waals surface area contributed by atoms with Crippen LogP contribution in [-0.4, -0.2) is 29.3 Å². The number of carbonyl (C=O) groups is 3. The minimum absolute atomic E-state index is 0.345. The molecule has 0 aliphatic carbocycles. The molecule has 1 saturated heterocycles. The summed E-state index contributed by atoms with van der Waals surface area (Å²) in [5.41, 5.74) is -0.109. The highest BCUT2D eigenvalue weighted by atomic mass is 35.5. The second-order valence-corrected chi connectivity index (χ2v) is 8.61. The first-order valence-electron chi connectivity index (χ1n) is 10.3. The fourth-order valence-corrected chi connectivity index (χ4v) is 4.06. The molecular weight excluding hydrogens is 456 g/mol. The van der Waals surface area contributed by atoms with Gasteiger partial charge < -0.3 is 10.6 Å². The zero-order valence-corrected chi connectivity index (χ0v) is 19.3. The Morgan fingerprint density at radius 1 is 1.16 bits per heavy atom. The Labute approximate surface area is 196 Å². The van der Waals surface area contributed by atoms with E-state index in [1.807, 2.05) is 6.92 Å². The monoisotopic (exact) mass is 479 g/mol. The van der Waals surface area contributed by atoms with Crippen molar-refractivity contribution in [1.29, 1.82) is 0 Å². The number of hydrogen-bond donors (Lipinski definition) is 2. The number of imide groups is 1. The van der Waals surface area contributed by atoms with E-state index in [1.54, 1.807) is 25.1 Å². The highest BCUT2D eigenvalue weighted by Crippen LogP contribution is 2.34. The smallest absolute Gasteiger partial charge is 0.325 e. The molecule has 2 unspecified atom stereocenters. The zero-order valence-electron chi connectivity index (χ0n) is 17.8. The average molecular weight is 480 g/mol. The Balaban J connectivity index is 1.76. The van der Waals surface area contributed by atoms with E-state index in [4.69, 9.17) is 23.2 Å². The lowest BCUT2D eigenvalue weighted by Gasteiger charge is -2.27. The van der Waals surface area contributed by atoms with Crippen LogP contribution >= 0.6 is 23.2 Å². The van der Waals surface area contributed by atoms with E-state index in [0.717, 1.165) is 16.9 Å². The first-order valence-corrected chi connectivity index (χ1v) is 11.1. The second-order valence-electron chi connectivity index (χ2n) is 7.80. The molecule has 2 N–H and O–H groups in total. The number of rotatable bonds is 8. The molecule has 9 heteroatoms. The Hall–Kier alpha value is -2.64. The maximum Gasteiger partial charge on any atom is 0.325 e. The van der Waals surface area contributed by atoms with E-state index in [1.165, 1.54) is 24.3 Å². The minimum Gasteiger partial charge on any atom is -0.348 e. The highest BCUT2D eigenvalue weighted by Gasteiger charge is 2.52. The minimum atomic E-state index is -1.32. The third-order valence-electron chi connectivity index (χ3n) is 5.54. The quantitative estimate of drug-likeness (QED) is 0.525. The van der Waals surface area contributed by atoms with Gasteiger partial charge in [-0.05, 0) is 48.7 Å². The summed E-state index contributed by atoms with van der Waals surface area (Å²) >= 11 is 12.0. The van der Waals surface area contributed by atoms with E-state index >= 15 is 0 Å². The van der Waals surface area contributed by atoms with Gasteiger partial charge in [0.2, 0.25) is 5.91 Å². The van der Waals surface area contributed by atoms with Crippen molar-refractivity contribution in [2.24, 2.45) is 0 Å². The molecule has 2 atom stereocenters. The molecule has 3 rings (SSSR count). The molecule has 1 heterocycles. The van der Waals surface area contributed by atoms with Gasteiger partial charge in [-0.3, -0.25) is 14.5 Å². The van der Waals surface area contributed by atoms with Gasteiger partial charge in [-0.15, -0.1) is 0 Å². The number of amides is 4. The molecule has 1 fully saturated rings. The molecule has 1 aliphatic rings. The normalized spacial score (nSPS) is 19.1. The van der Waals surface area contributed by atoms with E-state index in [2.05, 4.69) is 10.6 Å². The van der Waals surface area contributed by atoms with E-state index in [0.29, 0.717) is 28.5 Å². The van der Waals surface area contributed by atoms with Gasteiger partial charge >= 0.3 is 6.03 Å². The number of benzene rings is 2. The van der Waals surface area contributed by atoms with Crippen molar-refractivity contribution < 1.29 is 18.8 Å². The molecule has 170 valence electrons. The van der Waals surface area contributed by atoms with Crippen LogP contribution in [0.4, 0.5) is 9.18 Å². The maximum atomic E-state index is 13.4. The van der Waals surface area contributed by atoms with Crippen molar-refractivity contribution in [2.75, 3.05) is 6.54 Å². The summed E-state index contributed by atoms with van der Waals surface area (Å²) in [4.78, 5) is 39.6. The largest absolute Gasteiger partial charge is 0.348 e. The van der Waals surface area contributed by atoms with Gasteiger partial charge in [0.15, 0.2) is 0 Å². The predicted octanol–water partition coefficient (Wildman–Crippen LogP) is 4.95. The number of unbranched alkanes of at least 4 members (excludes halogenated alkanes) is 1. The van der Waals surface area contributed by atoms with Crippen LogP contribution in [0.2, 0.25) is 10.0 Å². The lowest BCUT2D eigenvalue weighted by Crippen LogP contribution is -2.45. The van der Waals surface area contributed by atoms with Gasteiger partial charge in [0.25, 0.3) is 5.91 Å². The third-order valence-corrected chi connectivity index (χ3v) is 6.28. The van der Waals surface area contributed by atoms with Gasteiger partial charge in [-0.1, -0.05) is 61.2 Å². The lowest BCUT2D eigenvalue weighted by molar-refractivity contribution is -0.135. The number of nitrogens with one attached hydrogen (secondary N) is 2. The SMILES string of the molecule is CCCCC1(c2ccc(F)cc2)NC(=O)N(CC(=O)NC(C)c2ccc(Cl)c(Cl)c2)C1=O.